The Morgan fingerprint density at radius 1 is 1.47 bits per heavy atom. The fourth-order valence-corrected chi connectivity index (χ4v) is 2.27. The van der Waals surface area contributed by atoms with Gasteiger partial charge in [0.05, 0.1) is 0 Å². The van der Waals surface area contributed by atoms with Gasteiger partial charge in [-0.15, -0.1) is 0 Å². The van der Waals surface area contributed by atoms with Gasteiger partial charge < -0.3 is 11.1 Å². The molecule has 0 saturated heterocycles. The minimum absolute atomic E-state index is 0.0186. The molecule has 0 aliphatic heterocycles. The van der Waals surface area contributed by atoms with Crippen LogP contribution in [0.4, 0.5) is 5.69 Å². The van der Waals surface area contributed by atoms with E-state index in [9.17, 15) is 4.79 Å². The van der Waals surface area contributed by atoms with Crippen LogP contribution in [0.25, 0.3) is 0 Å². The van der Waals surface area contributed by atoms with Crippen LogP contribution >= 0.6 is 0 Å². The SMILES string of the molecule is CCN(CCNC(=O)c1ccc(N)c(C)c1)C1CC1. The van der Waals surface area contributed by atoms with E-state index in [4.69, 9.17) is 5.73 Å². The lowest BCUT2D eigenvalue weighted by Gasteiger charge is -2.19. The zero-order valence-corrected chi connectivity index (χ0v) is 11.8. The third-order valence-corrected chi connectivity index (χ3v) is 3.69. The Kier molecular flexibility index (Phi) is 4.43. The Bertz CT molecular complexity index is 455. The largest absolute Gasteiger partial charge is 0.399 e. The molecule has 1 aromatic rings. The maximum absolute atomic E-state index is 12.0. The van der Waals surface area contributed by atoms with Crippen molar-refractivity contribution in [2.75, 3.05) is 25.4 Å². The van der Waals surface area contributed by atoms with Crippen molar-refractivity contribution in [1.29, 1.82) is 0 Å². The van der Waals surface area contributed by atoms with E-state index in [1.54, 1.807) is 12.1 Å². The lowest BCUT2D eigenvalue weighted by atomic mass is 10.1. The minimum atomic E-state index is -0.0186. The molecule has 0 atom stereocenters. The highest BCUT2D eigenvalue weighted by molar-refractivity contribution is 5.94. The number of nitrogens with one attached hydrogen (secondary N) is 1. The summed E-state index contributed by atoms with van der Waals surface area (Å²) in [4.78, 5) is 14.4. The van der Waals surface area contributed by atoms with Gasteiger partial charge in [0.2, 0.25) is 0 Å². The molecule has 1 fully saturated rings. The van der Waals surface area contributed by atoms with Gasteiger partial charge >= 0.3 is 0 Å². The predicted molar refractivity (Wildman–Crippen MR) is 78.2 cm³/mol. The van der Waals surface area contributed by atoms with Crippen LogP contribution < -0.4 is 11.1 Å². The molecule has 1 saturated carbocycles. The van der Waals surface area contributed by atoms with E-state index < -0.39 is 0 Å². The first kappa shape index (κ1) is 13.9. The van der Waals surface area contributed by atoms with Gasteiger partial charge in [0.25, 0.3) is 5.91 Å². The normalized spacial score (nSPS) is 14.7. The van der Waals surface area contributed by atoms with Crippen LogP contribution in [0.5, 0.6) is 0 Å². The van der Waals surface area contributed by atoms with Gasteiger partial charge in [-0.25, -0.2) is 0 Å². The van der Waals surface area contributed by atoms with Crippen LogP contribution in [0.3, 0.4) is 0 Å². The number of benzene rings is 1. The van der Waals surface area contributed by atoms with Crippen LogP contribution in [-0.4, -0.2) is 36.5 Å². The molecule has 0 aromatic heterocycles. The van der Waals surface area contributed by atoms with Crippen molar-refractivity contribution in [3.8, 4) is 0 Å². The monoisotopic (exact) mass is 261 g/mol. The smallest absolute Gasteiger partial charge is 0.251 e. The minimum Gasteiger partial charge on any atom is -0.399 e. The summed E-state index contributed by atoms with van der Waals surface area (Å²) in [5.41, 5.74) is 8.10. The number of nitrogens with two attached hydrogens (primary N) is 1. The number of aryl methyl sites for hydroxylation is 1. The van der Waals surface area contributed by atoms with Crippen molar-refractivity contribution in [1.82, 2.24) is 10.2 Å². The van der Waals surface area contributed by atoms with Crippen LogP contribution in [0.1, 0.15) is 35.7 Å². The number of hydrogen-bond acceptors (Lipinski definition) is 3. The van der Waals surface area contributed by atoms with E-state index in [0.717, 1.165) is 30.4 Å². The fourth-order valence-electron chi connectivity index (χ4n) is 2.27. The summed E-state index contributed by atoms with van der Waals surface area (Å²) in [5.74, 6) is -0.0186. The Balaban J connectivity index is 1.81. The van der Waals surface area contributed by atoms with Crippen LogP contribution in [0, 0.1) is 6.92 Å². The highest BCUT2D eigenvalue weighted by atomic mass is 16.1. The predicted octanol–water partition coefficient (Wildman–Crippen LogP) is 1.79. The van der Waals surface area contributed by atoms with Crippen molar-refractivity contribution < 1.29 is 4.79 Å². The summed E-state index contributed by atoms with van der Waals surface area (Å²) < 4.78 is 0. The summed E-state index contributed by atoms with van der Waals surface area (Å²) in [5, 5.41) is 2.97. The average Bonchev–Trinajstić information content (AvgIpc) is 3.22. The van der Waals surface area contributed by atoms with Gasteiger partial charge in [0, 0.05) is 30.4 Å². The highest BCUT2D eigenvalue weighted by Gasteiger charge is 2.27. The molecular formula is C15H23N3O. The standard InChI is InChI=1S/C15H23N3O/c1-3-18(13-5-6-13)9-8-17-15(19)12-4-7-14(16)11(2)10-12/h4,7,10,13H,3,5-6,8-9,16H2,1-2H3,(H,17,19). The van der Waals surface area contributed by atoms with Crippen LogP contribution in [-0.2, 0) is 0 Å². The second kappa shape index (κ2) is 6.06. The Morgan fingerprint density at radius 2 is 2.21 bits per heavy atom. The summed E-state index contributed by atoms with van der Waals surface area (Å²) >= 11 is 0. The molecule has 4 heteroatoms. The highest BCUT2D eigenvalue weighted by Crippen LogP contribution is 2.25. The number of nitrogens with zero attached hydrogens (tertiary/aromatic N) is 1. The molecule has 2 rings (SSSR count). The van der Waals surface area contributed by atoms with E-state index in [1.165, 1.54) is 12.8 Å². The third-order valence-electron chi connectivity index (χ3n) is 3.69. The summed E-state index contributed by atoms with van der Waals surface area (Å²) in [6.07, 6.45) is 2.61. The molecule has 0 spiro atoms. The van der Waals surface area contributed by atoms with E-state index in [0.29, 0.717) is 12.1 Å². The van der Waals surface area contributed by atoms with Gasteiger partial charge in [0.15, 0.2) is 0 Å². The van der Waals surface area contributed by atoms with Gasteiger partial charge in [0.1, 0.15) is 0 Å². The van der Waals surface area contributed by atoms with E-state index in [-0.39, 0.29) is 5.91 Å². The number of carbonyl (C=O) groups excluding carboxylic acids is 1. The quantitative estimate of drug-likeness (QED) is 0.768. The van der Waals surface area contributed by atoms with Crippen molar-refractivity contribution in [2.24, 2.45) is 0 Å². The molecule has 3 N–H and O–H groups in total. The second-order valence-corrected chi connectivity index (χ2v) is 5.19. The Morgan fingerprint density at radius 3 is 2.79 bits per heavy atom. The number of anilines is 1. The lowest BCUT2D eigenvalue weighted by Crippen LogP contribution is -2.36. The molecule has 1 amide bonds. The van der Waals surface area contributed by atoms with E-state index in [2.05, 4.69) is 17.1 Å². The second-order valence-electron chi connectivity index (χ2n) is 5.19. The third kappa shape index (κ3) is 3.70. The molecule has 104 valence electrons. The lowest BCUT2D eigenvalue weighted by molar-refractivity contribution is 0.0948. The van der Waals surface area contributed by atoms with Crippen molar-refractivity contribution in [3.63, 3.8) is 0 Å². The molecule has 4 nitrogen and oxygen atoms in total. The molecule has 0 bridgehead atoms. The zero-order valence-electron chi connectivity index (χ0n) is 11.8. The summed E-state index contributed by atoms with van der Waals surface area (Å²) in [6, 6.07) is 6.15. The zero-order chi connectivity index (χ0) is 13.8. The van der Waals surface area contributed by atoms with Crippen LogP contribution in [0.15, 0.2) is 18.2 Å². The number of likely N-dealkylation sites (N-methyl/N-ethyl adjacent to an activating group) is 1. The molecule has 1 aromatic carbocycles. The summed E-state index contributed by atoms with van der Waals surface area (Å²) in [7, 11) is 0. The topological polar surface area (TPSA) is 58.4 Å². The number of rotatable bonds is 6. The summed E-state index contributed by atoms with van der Waals surface area (Å²) in [6.45, 7) is 6.77. The molecule has 1 aliphatic carbocycles. The van der Waals surface area contributed by atoms with Gasteiger partial charge in [-0.1, -0.05) is 6.92 Å². The van der Waals surface area contributed by atoms with E-state index >= 15 is 0 Å². The maximum atomic E-state index is 12.0. The molecule has 0 radical (unpaired) electrons. The fraction of sp³-hybridized carbons (Fsp3) is 0.533. The first-order chi connectivity index (χ1) is 9.11. The number of hydrogen-bond donors (Lipinski definition) is 2. The molecule has 1 aliphatic rings. The van der Waals surface area contributed by atoms with Gasteiger partial charge in [-0.2, -0.15) is 0 Å². The molecule has 0 heterocycles. The maximum Gasteiger partial charge on any atom is 0.251 e. The Hall–Kier alpha value is -1.55. The first-order valence-corrected chi connectivity index (χ1v) is 7.00. The molecular weight excluding hydrogens is 238 g/mol. The number of amides is 1. The number of carbonyl (C=O) groups is 1. The van der Waals surface area contributed by atoms with Crippen LogP contribution in [0.2, 0.25) is 0 Å². The molecule has 19 heavy (non-hydrogen) atoms. The molecule has 0 unspecified atom stereocenters. The van der Waals surface area contributed by atoms with Gasteiger partial charge in [-0.3, -0.25) is 9.69 Å². The first-order valence-electron chi connectivity index (χ1n) is 7.00. The van der Waals surface area contributed by atoms with Crippen molar-refractivity contribution >= 4 is 11.6 Å². The average molecular weight is 261 g/mol. The van der Waals surface area contributed by atoms with Crippen molar-refractivity contribution in [3.05, 3.63) is 29.3 Å². The number of nitrogen functional groups attached to an aromatic ring is 1. The van der Waals surface area contributed by atoms with Gasteiger partial charge in [-0.05, 0) is 50.1 Å². The van der Waals surface area contributed by atoms with Crippen molar-refractivity contribution in [2.45, 2.75) is 32.7 Å². The Labute approximate surface area is 115 Å². The van der Waals surface area contributed by atoms with E-state index in [1.807, 2.05) is 13.0 Å².